The van der Waals surface area contributed by atoms with Crippen LogP contribution in [0.15, 0.2) is 55.1 Å². The fourth-order valence-electron chi connectivity index (χ4n) is 5.34. The van der Waals surface area contributed by atoms with Crippen LogP contribution in [0.2, 0.25) is 5.02 Å². The summed E-state index contributed by atoms with van der Waals surface area (Å²) in [4.78, 5) is 9.38. The Labute approximate surface area is 229 Å². The molecule has 5 rings (SSSR count). The molecule has 0 spiro atoms. The first kappa shape index (κ1) is 25.7. The average molecular weight is 712 g/mol. The molecule has 1 atom stereocenters. The fourth-order valence-corrected chi connectivity index (χ4v) is 8.02. The van der Waals surface area contributed by atoms with E-state index >= 15 is 0 Å². The molecule has 0 radical (unpaired) electrons. The molecule has 6 nitrogen and oxygen atoms in total. The van der Waals surface area contributed by atoms with E-state index in [0.29, 0.717) is 18.1 Å². The minimum atomic E-state index is -3.18. The van der Waals surface area contributed by atoms with Crippen LogP contribution < -0.4 is 0 Å². The van der Waals surface area contributed by atoms with E-state index in [2.05, 4.69) is 48.0 Å². The zero-order chi connectivity index (χ0) is 25.3. The summed E-state index contributed by atoms with van der Waals surface area (Å²) >= 11 is 5.32. The van der Waals surface area contributed by atoms with E-state index < -0.39 is 34.1 Å². The number of allylic oxidation sites excluding steroid dienone is 2. The number of nitrogens with zero attached hydrogens (tertiary/aromatic N) is 4. The number of imidazole rings is 1. The molecule has 1 aromatic carbocycles. The molecule has 36 heavy (non-hydrogen) atoms. The molecule has 2 aromatic heterocycles. The van der Waals surface area contributed by atoms with E-state index in [1.54, 1.807) is 4.31 Å². The maximum atomic E-state index is 12.1. The summed E-state index contributed by atoms with van der Waals surface area (Å²) < 4.78 is 32.0. The van der Waals surface area contributed by atoms with Crippen LogP contribution in [0.3, 0.4) is 0 Å². The maximum absolute atomic E-state index is 12.1. The first-order valence-electron chi connectivity index (χ1n) is 12.1. The van der Waals surface area contributed by atoms with Gasteiger partial charge in [-0.15, -0.1) is 0 Å². The van der Waals surface area contributed by atoms with E-state index in [9.17, 15) is 8.42 Å². The number of halogens is 1. The summed E-state index contributed by atoms with van der Waals surface area (Å²) in [5.74, 6) is 0.367. The minimum absolute atomic E-state index is 0.0769. The second kappa shape index (κ2) is 10.8. The first-order valence-corrected chi connectivity index (χ1v) is 19.5. The van der Waals surface area contributed by atoms with Crippen molar-refractivity contribution < 1.29 is 8.42 Å². The zero-order valence-electron chi connectivity index (χ0n) is 20.2. The van der Waals surface area contributed by atoms with Crippen molar-refractivity contribution in [1.29, 1.82) is 0 Å². The number of fused-ring (bicyclic) bond motifs is 2. The van der Waals surface area contributed by atoms with Gasteiger partial charge in [0, 0.05) is 13.1 Å². The molecule has 0 bridgehead atoms. The van der Waals surface area contributed by atoms with Gasteiger partial charge in [0.1, 0.15) is 0 Å². The van der Waals surface area contributed by atoms with Crippen LogP contribution >= 0.6 is 11.6 Å². The molecule has 1 fully saturated rings. The molecule has 1 unspecified atom stereocenters. The van der Waals surface area contributed by atoms with Gasteiger partial charge in [-0.25, -0.2) is 12.7 Å². The molecule has 1 aliphatic heterocycles. The van der Waals surface area contributed by atoms with Crippen LogP contribution in [0.25, 0.3) is 17.7 Å². The molecule has 0 saturated carbocycles. The monoisotopic (exact) mass is 712 g/mol. The molecule has 184 valence electrons. The molecule has 1 aliphatic carbocycles. The Morgan fingerprint density at radius 2 is 2.03 bits per heavy atom. The van der Waals surface area contributed by atoms with Crippen LogP contribution in [0.5, 0.6) is 0 Å². The Bertz CT molecular complexity index is 1460. The molecule has 9 heteroatoms. The molecular formula is C27H28ClN4O2STl. The predicted molar refractivity (Wildman–Crippen MR) is 149 cm³/mol. The van der Waals surface area contributed by atoms with Gasteiger partial charge in [0.2, 0.25) is 10.0 Å². The summed E-state index contributed by atoms with van der Waals surface area (Å²) in [7, 11) is -3.18. The number of piperidine rings is 1. The number of aromatic nitrogens is 3. The summed E-state index contributed by atoms with van der Waals surface area (Å²) in [6.45, 7) is 1.08. The summed E-state index contributed by atoms with van der Waals surface area (Å²) in [5.41, 5.74) is 6.65. The van der Waals surface area contributed by atoms with Crippen molar-refractivity contribution in [3.63, 3.8) is 0 Å². The number of benzene rings is 1. The molecule has 3 aromatic rings. The van der Waals surface area contributed by atoms with Crippen molar-refractivity contribution in [2.75, 3.05) is 19.3 Å². The van der Waals surface area contributed by atoms with Crippen molar-refractivity contribution in [3.8, 4) is 0 Å². The Kier molecular flexibility index (Phi) is 7.71. The van der Waals surface area contributed by atoms with Crippen molar-refractivity contribution >= 4 is 67.5 Å². The van der Waals surface area contributed by atoms with Crippen LogP contribution in [0.1, 0.15) is 53.3 Å². The van der Waals surface area contributed by atoms with Crippen LogP contribution in [0.4, 0.5) is 0 Å². The molecule has 3 heterocycles. The number of hydrogen-bond acceptors (Lipinski definition) is 4. The van der Waals surface area contributed by atoms with Gasteiger partial charge in [0.25, 0.3) is 0 Å². The van der Waals surface area contributed by atoms with Gasteiger partial charge in [0.15, 0.2) is 0 Å². The van der Waals surface area contributed by atoms with E-state index in [1.165, 1.54) is 17.4 Å². The fraction of sp³-hybridized carbons (Fsp3) is 0.296. The Balaban J connectivity index is 1.52. The summed E-state index contributed by atoms with van der Waals surface area (Å²) in [6.07, 6.45) is 15.9. The van der Waals surface area contributed by atoms with Gasteiger partial charge in [-0.2, -0.15) is 0 Å². The molecule has 0 amide bonds. The molecular weight excluding hydrogens is 684 g/mol. The van der Waals surface area contributed by atoms with Crippen molar-refractivity contribution in [3.05, 3.63) is 88.2 Å². The second-order valence-corrected chi connectivity index (χ2v) is 15.5. The number of rotatable bonds is 6. The second-order valence-electron chi connectivity index (χ2n) is 9.39. The SMILES string of the molecule is [CH2]=[Tl][n]1cnc(/C=C/CC2=Cc3cc(Cl)ccc3C(C3CCN(S(C)(=O)=O)CC3)c3ncccc32)c1. The number of sulfonamides is 1. The topological polar surface area (TPSA) is 68.1 Å². The van der Waals surface area contributed by atoms with E-state index in [1.807, 2.05) is 30.7 Å². The quantitative estimate of drug-likeness (QED) is 0.351. The summed E-state index contributed by atoms with van der Waals surface area (Å²) in [6, 6.07) is 10.3. The zero-order valence-corrected chi connectivity index (χ0v) is 26.3. The van der Waals surface area contributed by atoms with Crippen LogP contribution in [-0.2, 0) is 10.0 Å². The third kappa shape index (κ3) is 5.49. The van der Waals surface area contributed by atoms with Crippen molar-refractivity contribution in [2.45, 2.75) is 25.2 Å². The van der Waals surface area contributed by atoms with Crippen molar-refractivity contribution in [1.82, 2.24) is 16.6 Å². The van der Waals surface area contributed by atoms with Crippen LogP contribution in [-0.4, -0.2) is 72.5 Å². The Morgan fingerprint density at radius 1 is 1.22 bits per heavy atom. The average Bonchev–Trinajstić information content (AvgIpc) is 3.28. The third-order valence-corrected chi connectivity index (χ3v) is 11.4. The molecule has 2 aliphatic rings. The number of hydrogen-bond donors (Lipinski definition) is 0. The third-order valence-electron chi connectivity index (χ3n) is 7.09. The van der Waals surface area contributed by atoms with Crippen LogP contribution in [0, 0.1) is 5.92 Å². The van der Waals surface area contributed by atoms with Gasteiger partial charge in [-0.3, -0.25) is 0 Å². The normalized spacial score (nSPS) is 18.8. The van der Waals surface area contributed by atoms with Gasteiger partial charge in [-0.1, -0.05) is 0 Å². The standard InChI is InChI=1S/C26H26ClN4O2S.CH2.Tl/c1-34(32,33)31-12-9-18(10-13-31)25-23-8-7-21(27)15-20(23)14-19(24-6-3-11-29-26(24)25)4-2-5-22-16-28-17-30-22;;/h2-3,5-8,11,14-18,25H,4,9-10,12-13H2,1H3;1H2;/q-1;;+1/b5-2+;;. The van der Waals surface area contributed by atoms with Gasteiger partial charge >= 0.3 is 189 Å². The van der Waals surface area contributed by atoms with Crippen molar-refractivity contribution in [2.24, 2.45) is 5.92 Å². The van der Waals surface area contributed by atoms with Gasteiger partial charge in [-0.05, 0) is 0 Å². The number of pyridine rings is 1. The Morgan fingerprint density at radius 3 is 2.75 bits per heavy atom. The molecule has 0 N–H and O–H groups in total. The Hall–Kier alpha value is -1.95. The predicted octanol–water partition coefficient (Wildman–Crippen LogP) is 4.59. The van der Waals surface area contributed by atoms with E-state index in [4.69, 9.17) is 16.6 Å². The van der Waals surface area contributed by atoms with Gasteiger partial charge in [0.05, 0.1) is 6.26 Å². The summed E-state index contributed by atoms with van der Waals surface area (Å²) in [5, 5.41) is 0.703. The van der Waals surface area contributed by atoms with E-state index in [0.717, 1.165) is 41.8 Å². The molecule has 1 saturated heterocycles. The van der Waals surface area contributed by atoms with Gasteiger partial charge < -0.3 is 0 Å². The first-order chi connectivity index (χ1) is 17.3. The van der Waals surface area contributed by atoms with E-state index in [-0.39, 0.29) is 11.8 Å².